The Morgan fingerprint density at radius 2 is 1.83 bits per heavy atom. The Morgan fingerprint density at radius 1 is 1.07 bits per heavy atom. The minimum atomic E-state index is -0.429. The number of benzene rings is 2. The predicted octanol–water partition coefficient (Wildman–Crippen LogP) is 4.51. The van der Waals surface area contributed by atoms with Crippen LogP contribution in [-0.2, 0) is 27.4 Å². The molecule has 0 atom stereocenters. The van der Waals surface area contributed by atoms with Gasteiger partial charge in [-0.25, -0.2) is 0 Å². The molecular weight excluding hydrogens is 368 g/mol. The monoisotopic (exact) mass is 394 g/mol. The number of carbonyl (C=O) groups is 2. The summed E-state index contributed by atoms with van der Waals surface area (Å²) in [6, 6.07) is 13.1. The molecular formula is C24H26O5. The molecule has 1 fully saturated rings. The van der Waals surface area contributed by atoms with Gasteiger partial charge in [0, 0.05) is 13.3 Å². The number of hydrogen-bond donors (Lipinski definition) is 0. The smallest absolute Gasteiger partial charge is 0.308 e. The molecule has 2 aromatic carbocycles. The normalized spacial score (nSPS) is 13.9. The van der Waals surface area contributed by atoms with Gasteiger partial charge in [0.15, 0.2) is 17.3 Å². The largest absolute Gasteiger partial charge is 0.493 e. The van der Waals surface area contributed by atoms with Gasteiger partial charge in [0.25, 0.3) is 0 Å². The Morgan fingerprint density at radius 3 is 2.48 bits per heavy atom. The van der Waals surface area contributed by atoms with Gasteiger partial charge < -0.3 is 14.2 Å². The highest BCUT2D eigenvalue weighted by atomic mass is 16.6. The minimum Gasteiger partial charge on any atom is -0.493 e. The fourth-order valence-electron chi connectivity index (χ4n) is 3.08. The van der Waals surface area contributed by atoms with E-state index in [0.29, 0.717) is 30.6 Å². The molecule has 5 heteroatoms. The van der Waals surface area contributed by atoms with Gasteiger partial charge in [-0.1, -0.05) is 36.4 Å². The Hall–Kier alpha value is -2.92. The molecule has 152 valence electrons. The number of esters is 1. The summed E-state index contributed by atoms with van der Waals surface area (Å²) in [5.74, 6) is 0.351. The number of ether oxygens (including phenoxy) is 3. The third-order valence-electron chi connectivity index (χ3n) is 4.91. The molecule has 1 aliphatic carbocycles. The number of rotatable bonds is 9. The molecule has 29 heavy (non-hydrogen) atoms. The van der Waals surface area contributed by atoms with Crippen molar-refractivity contribution in [2.75, 3.05) is 7.11 Å². The van der Waals surface area contributed by atoms with Gasteiger partial charge in [-0.05, 0) is 54.2 Å². The summed E-state index contributed by atoms with van der Waals surface area (Å²) in [6.45, 7) is 1.87. The van der Waals surface area contributed by atoms with Crippen molar-refractivity contribution in [2.24, 2.45) is 0 Å². The quantitative estimate of drug-likeness (QED) is 0.356. The molecule has 5 nitrogen and oxygen atoms in total. The highest BCUT2D eigenvalue weighted by Crippen LogP contribution is 2.29. The summed E-state index contributed by atoms with van der Waals surface area (Å²) in [6.07, 6.45) is 7.42. The maximum absolute atomic E-state index is 12.5. The lowest BCUT2D eigenvalue weighted by molar-refractivity contribution is -0.132. The van der Waals surface area contributed by atoms with Crippen LogP contribution in [0.2, 0.25) is 0 Å². The zero-order valence-corrected chi connectivity index (χ0v) is 16.9. The second-order valence-corrected chi connectivity index (χ2v) is 7.11. The van der Waals surface area contributed by atoms with E-state index in [2.05, 4.69) is 0 Å². The van der Waals surface area contributed by atoms with Crippen molar-refractivity contribution in [1.29, 1.82) is 0 Å². The molecule has 0 N–H and O–H groups in total. The Balaban J connectivity index is 1.64. The summed E-state index contributed by atoms with van der Waals surface area (Å²) in [7, 11) is 1.51. The molecule has 0 aliphatic heterocycles. The van der Waals surface area contributed by atoms with Crippen molar-refractivity contribution >= 4 is 17.8 Å². The topological polar surface area (TPSA) is 61.8 Å². The van der Waals surface area contributed by atoms with E-state index < -0.39 is 5.97 Å². The van der Waals surface area contributed by atoms with Crippen molar-refractivity contribution in [3.63, 3.8) is 0 Å². The highest BCUT2D eigenvalue weighted by Gasteiger charge is 2.18. The molecule has 0 unspecified atom stereocenters. The standard InChI is InChI=1S/C24H26O5/c1-17(25)29-24-14-18(11-13-23(24)27-2)10-12-21(26)15-19-6-3-4-7-20(19)16-28-22-8-5-9-22/h3-4,6-7,10-14,22H,5,8-9,15-16H2,1-2H3/b12-10+. The first-order valence-corrected chi connectivity index (χ1v) is 9.81. The lowest BCUT2D eigenvalue weighted by atomic mass is 9.96. The molecule has 1 aliphatic rings. The molecule has 3 rings (SSSR count). The lowest BCUT2D eigenvalue weighted by Gasteiger charge is -2.26. The van der Waals surface area contributed by atoms with Crippen molar-refractivity contribution < 1.29 is 23.8 Å². The molecule has 0 bridgehead atoms. The second-order valence-electron chi connectivity index (χ2n) is 7.11. The second kappa shape index (κ2) is 10.0. The van der Waals surface area contributed by atoms with Crippen molar-refractivity contribution in [3.8, 4) is 11.5 Å². The van der Waals surface area contributed by atoms with E-state index in [4.69, 9.17) is 14.2 Å². The van der Waals surface area contributed by atoms with Crippen molar-refractivity contribution in [2.45, 2.75) is 45.3 Å². The summed E-state index contributed by atoms with van der Waals surface area (Å²) in [5.41, 5.74) is 2.79. The first-order chi connectivity index (χ1) is 14.0. The Kier molecular flexibility index (Phi) is 7.19. The van der Waals surface area contributed by atoms with Gasteiger partial charge in [-0.15, -0.1) is 0 Å². The Labute approximate surface area is 171 Å². The fourth-order valence-corrected chi connectivity index (χ4v) is 3.08. The van der Waals surface area contributed by atoms with Crippen LogP contribution in [0, 0.1) is 0 Å². The maximum Gasteiger partial charge on any atom is 0.308 e. The van der Waals surface area contributed by atoms with E-state index in [-0.39, 0.29) is 5.78 Å². The first kappa shape index (κ1) is 20.8. The molecule has 0 aromatic heterocycles. The van der Waals surface area contributed by atoms with Crippen LogP contribution in [-0.4, -0.2) is 25.0 Å². The lowest BCUT2D eigenvalue weighted by Crippen LogP contribution is -2.21. The molecule has 0 radical (unpaired) electrons. The van der Waals surface area contributed by atoms with Crippen LogP contribution in [0.1, 0.15) is 42.9 Å². The highest BCUT2D eigenvalue weighted by molar-refractivity contribution is 5.95. The van der Waals surface area contributed by atoms with Crippen LogP contribution in [0.25, 0.3) is 6.08 Å². The van der Waals surface area contributed by atoms with Gasteiger partial charge in [-0.3, -0.25) is 9.59 Å². The van der Waals surface area contributed by atoms with Crippen molar-refractivity contribution in [3.05, 3.63) is 65.2 Å². The van der Waals surface area contributed by atoms with Crippen LogP contribution in [0.3, 0.4) is 0 Å². The summed E-state index contributed by atoms with van der Waals surface area (Å²) in [5, 5.41) is 0. The number of carbonyl (C=O) groups excluding carboxylic acids is 2. The molecule has 2 aromatic rings. The van der Waals surface area contributed by atoms with Crippen LogP contribution in [0.5, 0.6) is 11.5 Å². The number of hydrogen-bond acceptors (Lipinski definition) is 5. The van der Waals surface area contributed by atoms with Gasteiger partial charge >= 0.3 is 5.97 Å². The average Bonchev–Trinajstić information content (AvgIpc) is 2.66. The van der Waals surface area contributed by atoms with E-state index in [9.17, 15) is 9.59 Å². The maximum atomic E-state index is 12.5. The summed E-state index contributed by atoms with van der Waals surface area (Å²) in [4.78, 5) is 23.7. The summed E-state index contributed by atoms with van der Waals surface area (Å²) >= 11 is 0. The molecule has 0 saturated heterocycles. The SMILES string of the molecule is COc1ccc(/C=C/C(=O)Cc2ccccc2COC2CCC2)cc1OC(C)=O. The van der Waals surface area contributed by atoms with Crippen LogP contribution < -0.4 is 9.47 Å². The zero-order chi connectivity index (χ0) is 20.6. The van der Waals surface area contributed by atoms with Gasteiger partial charge in [0.05, 0.1) is 19.8 Å². The average molecular weight is 394 g/mol. The first-order valence-electron chi connectivity index (χ1n) is 9.81. The van der Waals surface area contributed by atoms with E-state index in [0.717, 1.165) is 29.5 Å². The Bertz CT molecular complexity index is 896. The minimum absolute atomic E-state index is 0.00838. The van der Waals surface area contributed by atoms with E-state index in [1.165, 1.54) is 20.5 Å². The van der Waals surface area contributed by atoms with E-state index in [1.807, 2.05) is 24.3 Å². The zero-order valence-electron chi connectivity index (χ0n) is 16.9. The third kappa shape index (κ3) is 6.03. The molecule has 0 spiro atoms. The molecule has 0 amide bonds. The fraction of sp³-hybridized carbons (Fsp3) is 0.333. The van der Waals surface area contributed by atoms with Crippen LogP contribution in [0.4, 0.5) is 0 Å². The number of allylic oxidation sites excluding steroid dienone is 1. The predicted molar refractivity (Wildman–Crippen MR) is 111 cm³/mol. The van der Waals surface area contributed by atoms with E-state index in [1.54, 1.807) is 30.4 Å². The van der Waals surface area contributed by atoms with Crippen molar-refractivity contribution in [1.82, 2.24) is 0 Å². The van der Waals surface area contributed by atoms with Gasteiger partial charge in [-0.2, -0.15) is 0 Å². The third-order valence-corrected chi connectivity index (χ3v) is 4.91. The molecule has 1 saturated carbocycles. The van der Waals surface area contributed by atoms with Gasteiger partial charge in [0.2, 0.25) is 0 Å². The summed E-state index contributed by atoms with van der Waals surface area (Å²) < 4.78 is 16.2. The number of ketones is 1. The van der Waals surface area contributed by atoms with Gasteiger partial charge in [0.1, 0.15) is 0 Å². The number of methoxy groups -OCH3 is 1. The molecule has 0 heterocycles. The van der Waals surface area contributed by atoms with Crippen LogP contribution in [0.15, 0.2) is 48.5 Å². The van der Waals surface area contributed by atoms with E-state index >= 15 is 0 Å². The van der Waals surface area contributed by atoms with Crippen LogP contribution >= 0.6 is 0 Å².